The van der Waals surface area contributed by atoms with Crippen molar-refractivity contribution in [1.82, 2.24) is 9.97 Å². The zero-order chi connectivity index (χ0) is 21.0. The maximum absolute atomic E-state index is 10.7. The van der Waals surface area contributed by atoms with E-state index in [0.29, 0.717) is 5.56 Å². The van der Waals surface area contributed by atoms with Gasteiger partial charge in [0.25, 0.3) is 0 Å². The minimum absolute atomic E-state index is 0.0301. The Morgan fingerprint density at radius 3 is 1.70 bits per heavy atom. The van der Waals surface area contributed by atoms with Crippen molar-refractivity contribution in [2.24, 2.45) is 0 Å². The van der Waals surface area contributed by atoms with Crippen LogP contribution in [0.15, 0.2) is 24.3 Å². The maximum atomic E-state index is 10.7. The number of carbonyl (C=O) groups is 1. The van der Waals surface area contributed by atoms with Crippen molar-refractivity contribution in [3.63, 3.8) is 0 Å². The first-order valence-corrected chi connectivity index (χ1v) is 9.00. The van der Waals surface area contributed by atoms with Crippen LogP contribution < -0.4 is 0 Å². The number of aromatic carboxylic acids is 1. The average molecular weight is 408 g/mol. The largest absolute Gasteiger partial charge is 0.478 e. The van der Waals surface area contributed by atoms with Gasteiger partial charge in [0.2, 0.25) is 0 Å². The van der Waals surface area contributed by atoms with Crippen LogP contribution in [-0.4, -0.2) is 21.0 Å². The summed E-state index contributed by atoms with van der Waals surface area (Å²) < 4.78 is 0. The van der Waals surface area contributed by atoms with Crippen molar-refractivity contribution in [2.45, 2.75) is 52.4 Å². The second kappa shape index (κ2) is 8.69. The minimum atomic E-state index is -1.05. The number of hydrogen-bond acceptors (Lipinski definition) is 4. The molecule has 0 bridgehead atoms. The number of pyridine rings is 2. The van der Waals surface area contributed by atoms with Crippen LogP contribution in [0.5, 0.6) is 0 Å². The molecule has 2 heterocycles. The first kappa shape index (κ1) is 22.9. The molecule has 7 heteroatoms. The molecule has 5 nitrogen and oxygen atoms in total. The predicted octanol–water partition coefficient (Wildman–Crippen LogP) is 5.63. The van der Waals surface area contributed by atoms with Gasteiger partial charge >= 0.3 is 5.97 Å². The molecule has 0 unspecified atom stereocenters. The van der Waals surface area contributed by atoms with Gasteiger partial charge in [-0.25, -0.2) is 14.8 Å². The van der Waals surface area contributed by atoms with Crippen molar-refractivity contribution >= 4 is 29.2 Å². The van der Waals surface area contributed by atoms with Gasteiger partial charge < -0.3 is 5.11 Å². The molecule has 144 valence electrons. The Bertz CT molecular complexity index is 876. The van der Waals surface area contributed by atoms with Gasteiger partial charge in [-0.05, 0) is 24.3 Å². The monoisotopic (exact) mass is 407 g/mol. The van der Waals surface area contributed by atoms with Gasteiger partial charge in [0.05, 0.1) is 11.1 Å². The molecule has 0 fully saturated rings. The summed E-state index contributed by atoms with van der Waals surface area (Å²) in [5.74, 6) is -1.05. The van der Waals surface area contributed by atoms with E-state index in [9.17, 15) is 4.79 Å². The lowest BCUT2D eigenvalue weighted by Crippen LogP contribution is -2.14. The Hall–Kier alpha value is -2.16. The Kier molecular flexibility index (Phi) is 7.36. The molecule has 0 aliphatic heterocycles. The van der Waals surface area contributed by atoms with Gasteiger partial charge in [0.1, 0.15) is 16.4 Å². The first-order valence-electron chi connectivity index (χ1n) is 8.25. The van der Waals surface area contributed by atoms with Gasteiger partial charge in [-0.1, -0.05) is 64.7 Å². The lowest BCUT2D eigenvalue weighted by atomic mass is 9.91. The van der Waals surface area contributed by atoms with E-state index in [1.807, 2.05) is 32.9 Å². The van der Waals surface area contributed by atoms with Crippen LogP contribution in [0, 0.1) is 11.3 Å². The fraction of sp³-hybridized carbons (Fsp3) is 0.400. The fourth-order valence-electron chi connectivity index (χ4n) is 1.95. The predicted molar refractivity (Wildman–Crippen MR) is 108 cm³/mol. The summed E-state index contributed by atoms with van der Waals surface area (Å²) in [5, 5.41) is 17.7. The van der Waals surface area contributed by atoms with Crippen molar-refractivity contribution in [2.75, 3.05) is 0 Å². The average Bonchev–Trinajstić information content (AvgIpc) is 2.53. The van der Waals surface area contributed by atoms with Crippen LogP contribution in [0.4, 0.5) is 0 Å². The summed E-state index contributed by atoms with van der Waals surface area (Å²) in [7, 11) is 0. The van der Waals surface area contributed by atoms with Gasteiger partial charge in [-0.2, -0.15) is 5.26 Å². The molecular weight excluding hydrogens is 385 g/mol. The molecule has 0 radical (unpaired) electrons. The molecule has 0 spiro atoms. The zero-order valence-corrected chi connectivity index (χ0v) is 17.8. The number of carboxylic acids is 1. The first-order chi connectivity index (χ1) is 12.3. The van der Waals surface area contributed by atoms with Crippen LogP contribution in [0.25, 0.3) is 0 Å². The second-order valence-electron chi connectivity index (χ2n) is 7.99. The number of carboxylic acid groups (broad SMARTS) is 1. The molecule has 27 heavy (non-hydrogen) atoms. The van der Waals surface area contributed by atoms with E-state index in [0.717, 1.165) is 11.4 Å². The fourth-order valence-corrected chi connectivity index (χ4v) is 2.38. The summed E-state index contributed by atoms with van der Waals surface area (Å²) >= 11 is 11.5. The van der Waals surface area contributed by atoms with Crippen molar-refractivity contribution in [1.29, 1.82) is 5.26 Å². The highest BCUT2D eigenvalue weighted by molar-refractivity contribution is 6.32. The number of nitriles is 1. The van der Waals surface area contributed by atoms with Crippen molar-refractivity contribution < 1.29 is 9.90 Å². The molecular formula is C20H23Cl2N3O2. The molecule has 0 saturated carbocycles. The third-order valence-electron chi connectivity index (χ3n) is 3.59. The zero-order valence-electron chi connectivity index (χ0n) is 16.3. The molecule has 0 amide bonds. The Labute approximate surface area is 170 Å². The topological polar surface area (TPSA) is 86.9 Å². The minimum Gasteiger partial charge on any atom is -0.478 e. The summed E-state index contributed by atoms with van der Waals surface area (Å²) in [6.45, 7) is 12.1. The maximum Gasteiger partial charge on any atom is 0.338 e. The third-order valence-corrected chi connectivity index (χ3v) is 4.16. The number of hydrogen-bond donors (Lipinski definition) is 1. The van der Waals surface area contributed by atoms with Crippen molar-refractivity contribution in [3.8, 4) is 6.07 Å². The molecule has 0 saturated heterocycles. The number of halogens is 2. The van der Waals surface area contributed by atoms with E-state index in [2.05, 4.69) is 30.7 Å². The summed E-state index contributed by atoms with van der Waals surface area (Å²) in [5.41, 5.74) is 2.00. The third kappa shape index (κ3) is 6.50. The van der Waals surface area contributed by atoms with Crippen LogP contribution in [0.1, 0.15) is 68.9 Å². The highest BCUT2D eigenvalue weighted by Gasteiger charge is 2.18. The summed E-state index contributed by atoms with van der Waals surface area (Å²) in [6.07, 6.45) is 0. The summed E-state index contributed by atoms with van der Waals surface area (Å²) in [4.78, 5) is 18.9. The SMILES string of the molecule is CC(C)(C)c1ccc(C#N)c(Cl)n1.CC(C)(C)c1ccc(C(=O)O)c(Cl)n1. The van der Waals surface area contributed by atoms with Crippen molar-refractivity contribution in [3.05, 3.63) is 57.1 Å². The second-order valence-corrected chi connectivity index (χ2v) is 8.70. The normalized spacial score (nSPS) is 11.2. The van der Waals surface area contributed by atoms with E-state index in [-0.39, 0.29) is 26.7 Å². The smallest absolute Gasteiger partial charge is 0.338 e. The summed E-state index contributed by atoms with van der Waals surface area (Å²) in [6, 6.07) is 8.70. The van der Waals surface area contributed by atoms with Gasteiger partial charge in [0.15, 0.2) is 0 Å². The van der Waals surface area contributed by atoms with Crippen LogP contribution in [0.2, 0.25) is 10.3 Å². The number of nitrogens with zero attached hydrogens (tertiary/aromatic N) is 3. The molecule has 0 atom stereocenters. The highest BCUT2D eigenvalue weighted by Crippen LogP contribution is 2.24. The van der Waals surface area contributed by atoms with E-state index in [1.165, 1.54) is 6.07 Å². The quantitative estimate of drug-likeness (QED) is 0.618. The molecule has 2 rings (SSSR count). The molecule has 2 aromatic rings. The molecule has 0 aliphatic carbocycles. The number of rotatable bonds is 1. The number of aromatic nitrogens is 2. The van der Waals surface area contributed by atoms with Crippen LogP contribution >= 0.6 is 23.2 Å². The standard InChI is InChI=1S/C10H11ClN2.C10H12ClNO2/c1-10(2,3)8-5-4-7(6-12)9(11)13-8;1-10(2,3)7-5-4-6(9(13)14)8(11)12-7/h4-5H,1-3H3;4-5H,1-3H3,(H,13,14). The van der Waals surface area contributed by atoms with Gasteiger partial charge in [0, 0.05) is 22.2 Å². The van der Waals surface area contributed by atoms with Crippen LogP contribution in [0.3, 0.4) is 0 Å². The van der Waals surface area contributed by atoms with E-state index < -0.39 is 5.97 Å². The molecule has 2 aromatic heterocycles. The van der Waals surface area contributed by atoms with Gasteiger partial charge in [-0.3, -0.25) is 0 Å². The Balaban J connectivity index is 0.000000271. The Morgan fingerprint density at radius 2 is 1.37 bits per heavy atom. The van der Waals surface area contributed by atoms with Crippen LogP contribution in [-0.2, 0) is 10.8 Å². The van der Waals surface area contributed by atoms with E-state index >= 15 is 0 Å². The molecule has 1 N–H and O–H groups in total. The molecule has 0 aliphatic rings. The lowest BCUT2D eigenvalue weighted by molar-refractivity contribution is 0.0696. The van der Waals surface area contributed by atoms with E-state index in [4.69, 9.17) is 33.6 Å². The Morgan fingerprint density at radius 1 is 0.926 bits per heavy atom. The lowest BCUT2D eigenvalue weighted by Gasteiger charge is -2.17. The van der Waals surface area contributed by atoms with Gasteiger partial charge in [-0.15, -0.1) is 0 Å². The highest BCUT2D eigenvalue weighted by atomic mass is 35.5. The van der Waals surface area contributed by atoms with E-state index in [1.54, 1.807) is 12.1 Å². The molecule has 0 aromatic carbocycles.